The maximum absolute atomic E-state index is 3.96. The molecule has 1 radical (unpaired) electrons. The average molecular weight is 205 g/mol. The second kappa shape index (κ2) is 4.11. The second-order valence-electron chi connectivity index (χ2n) is 6.44. The van der Waals surface area contributed by atoms with Gasteiger partial charge in [0.25, 0.3) is 0 Å². The monoisotopic (exact) mass is 205 g/mol. The molecule has 4 saturated carbocycles. The van der Waals surface area contributed by atoms with Crippen LogP contribution in [0.4, 0.5) is 0 Å². The van der Waals surface area contributed by atoms with E-state index in [2.05, 4.69) is 6.92 Å². The molecule has 85 valence electrons. The van der Waals surface area contributed by atoms with Crippen molar-refractivity contribution in [3.05, 3.63) is 6.92 Å². The topological polar surface area (TPSA) is 0 Å². The molecule has 0 heteroatoms. The fraction of sp³-hybridized carbons (Fsp3) is 0.933. The van der Waals surface area contributed by atoms with Gasteiger partial charge in [0, 0.05) is 0 Å². The van der Waals surface area contributed by atoms with Crippen LogP contribution in [-0.2, 0) is 0 Å². The van der Waals surface area contributed by atoms with Crippen LogP contribution in [0.2, 0.25) is 0 Å². The van der Waals surface area contributed by atoms with E-state index in [0.717, 1.165) is 36.0 Å². The number of hydrogen-bond acceptors (Lipinski definition) is 0. The molecular weight excluding hydrogens is 180 g/mol. The summed E-state index contributed by atoms with van der Waals surface area (Å²) in [5, 5.41) is 0. The highest BCUT2D eigenvalue weighted by Crippen LogP contribution is 2.57. The lowest BCUT2D eigenvalue weighted by atomic mass is 9.51. The summed E-state index contributed by atoms with van der Waals surface area (Å²) in [4.78, 5) is 0. The average Bonchev–Trinajstić information content (AvgIpc) is 2.21. The fourth-order valence-corrected chi connectivity index (χ4v) is 5.07. The summed E-state index contributed by atoms with van der Waals surface area (Å²) < 4.78 is 0. The zero-order chi connectivity index (χ0) is 10.3. The molecule has 0 nitrogen and oxygen atoms in total. The van der Waals surface area contributed by atoms with Gasteiger partial charge in [0.2, 0.25) is 0 Å². The molecule has 0 amide bonds. The van der Waals surface area contributed by atoms with Gasteiger partial charge in [-0.2, -0.15) is 0 Å². The van der Waals surface area contributed by atoms with Crippen molar-refractivity contribution in [2.24, 2.45) is 29.6 Å². The minimum Gasteiger partial charge on any atom is -0.0533 e. The Labute approximate surface area is 94.8 Å². The highest BCUT2D eigenvalue weighted by molar-refractivity contribution is 4.97. The van der Waals surface area contributed by atoms with Gasteiger partial charge in [0.05, 0.1) is 0 Å². The molecule has 15 heavy (non-hydrogen) atoms. The molecule has 4 aliphatic rings. The van der Waals surface area contributed by atoms with Crippen LogP contribution in [0.3, 0.4) is 0 Å². The molecule has 0 heterocycles. The number of unbranched alkanes of at least 4 members (excludes halogenated alkanes) is 2. The first-order valence-electron chi connectivity index (χ1n) is 7.16. The third kappa shape index (κ3) is 1.85. The summed E-state index contributed by atoms with van der Waals surface area (Å²) in [5.74, 6) is 5.72. The van der Waals surface area contributed by atoms with Crippen molar-refractivity contribution in [1.29, 1.82) is 0 Å². The lowest BCUT2D eigenvalue weighted by molar-refractivity contribution is -0.0403. The zero-order valence-corrected chi connectivity index (χ0v) is 9.96. The predicted molar refractivity (Wildman–Crippen MR) is 64.4 cm³/mol. The standard InChI is InChI=1S/C15H25/c1-2-3-4-5-15-13-7-11-6-12(9-13)10-14(15)8-11/h11-15H,1-10H2. The van der Waals surface area contributed by atoms with Crippen molar-refractivity contribution in [1.82, 2.24) is 0 Å². The van der Waals surface area contributed by atoms with E-state index in [1.807, 2.05) is 0 Å². The third-order valence-corrected chi connectivity index (χ3v) is 5.46. The summed E-state index contributed by atoms with van der Waals surface area (Å²) in [7, 11) is 0. The van der Waals surface area contributed by atoms with Crippen molar-refractivity contribution < 1.29 is 0 Å². The highest BCUT2D eigenvalue weighted by Gasteiger charge is 2.47. The van der Waals surface area contributed by atoms with Crippen LogP contribution >= 0.6 is 0 Å². The molecule has 0 aromatic heterocycles. The van der Waals surface area contributed by atoms with Gasteiger partial charge in [-0.15, -0.1) is 0 Å². The molecule has 4 bridgehead atoms. The molecular formula is C15H25. The van der Waals surface area contributed by atoms with E-state index in [0.29, 0.717) is 0 Å². The molecule has 0 N–H and O–H groups in total. The summed E-state index contributed by atoms with van der Waals surface area (Å²) >= 11 is 0. The highest BCUT2D eigenvalue weighted by atomic mass is 14.5. The summed E-state index contributed by atoms with van der Waals surface area (Å²) in [6, 6.07) is 0. The molecule has 4 rings (SSSR count). The van der Waals surface area contributed by atoms with Gasteiger partial charge in [-0.25, -0.2) is 0 Å². The van der Waals surface area contributed by atoms with Gasteiger partial charge in [-0.3, -0.25) is 0 Å². The third-order valence-electron chi connectivity index (χ3n) is 5.46. The Hall–Kier alpha value is 0. The molecule has 0 spiro atoms. The molecule has 0 aromatic carbocycles. The quantitative estimate of drug-likeness (QED) is 0.595. The Balaban J connectivity index is 1.60. The van der Waals surface area contributed by atoms with Gasteiger partial charge in [-0.1, -0.05) is 26.2 Å². The summed E-state index contributed by atoms with van der Waals surface area (Å²) in [6.45, 7) is 3.96. The van der Waals surface area contributed by atoms with E-state index in [9.17, 15) is 0 Å². The van der Waals surface area contributed by atoms with Gasteiger partial charge < -0.3 is 0 Å². The van der Waals surface area contributed by atoms with Crippen molar-refractivity contribution in [2.75, 3.05) is 0 Å². The first kappa shape index (κ1) is 10.2. The van der Waals surface area contributed by atoms with Gasteiger partial charge in [-0.05, 0) is 68.1 Å². The van der Waals surface area contributed by atoms with Crippen LogP contribution in [0.5, 0.6) is 0 Å². The minimum absolute atomic E-state index is 1.13. The van der Waals surface area contributed by atoms with Crippen LogP contribution in [0.15, 0.2) is 0 Å². The van der Waals surface area contributed by atoms with E-state index in [4.69, 9.17) is 0 Å². The van der Waals surface area contributed by atoms with E-state index in [1.165, 1.54) is 19.3 Å². The smallest absolute Gasteiger partial charge is 0.0357 e. The molecule has 0 unspecified atom stereocenters. The van der Waals surface area contributed by atoms with Gasteiger partial charge in [0.15, 0.2) is 0 Å². The Morgan fingerprint density at radius 3 is 1.93 bits per heavy atom. The molecule has 0 aliphatic heterocycles. The molecule has 0 saturated heterocycles. The van der Waals surface area contributed by atoms with Crippen LogP contribution < -0.4 is 0 Å². The van der Waals surface area contributed by atoms with E-state index >= 15 is 0 Å². The summed E-state index contributed by atoms with van der Waals surface area (Å²) in [5.41, 5.74) is 0. The van der Waals surface area contributed by atoms with Gasteiger partial charge in [0.1, 0.15) is 0 Å². The largest absolute Gasteiger partial charge is 0.0533 e. The Morgan fingerprint density at radius 2 is 1.40 bits per heavy atom. The van der Waals surface area contributed by atoms with Crippen molar-refractivity contribution >= 4 is 0 Å². The molecule has 0 atom stereocenters. The van der Waals surface area contributed by atoms with Crippen LogP contribution in [0.25, 0.3) is 0 Å². The first-order chi connectivity index (χ1) is 7.36. The molecule has 4 aliphatic carbocycles. The predicted octanol–water partition coefficient (Wildman–Crippen LogP) is 4.45. The normalized spacial score (nSPS) is 47.4. The van der Waals surface area contributed by atoms with Crippen molar-refractivity contribution in [3.63, 3.8) is 0 Å². The number of rotatable bonds is 4. The van der Waals surface area contributed by atoms with Crippen molar-refractivity contribution in [3.8, 4) is 0 Å². The molecule has 4 fully saturated rings. The maximum atomic E-state index is 3.96. The number of hydrogen-bond donors (Lipinski definition) is 0. The molecule has 0 aromatic rings. The lowest BCUT2D eigenvalue weighted by Crippen LogP contribution is -2.44. The van der Waals surface area contributed by atoms with E-state index in [1.54, 1.807) is 32.1 Å². The first-order valence-corrected chi connectivity index (χ1v) is 7.16. The Morgan fingerprint density at radius 1 is 0.800 bits per heavy atom. The summed E-state index contributed by atoms with van der Waals surface area (Å²) in [6.07, 6.45) is 13.5. The van der Waals surface area contributed by atoms with Crippen LogP contribution in [0, 0.1) is 36.5 Å². The second-order valence-corrected chi connectivity index (χ2v) is 6.44. The lowest BCUT2D eigenvalue weighted by Gasteiger charge is -2.54. The fourth-order valence-electron chi connectivity index (χ4n) is 5.07. The SMILES string of the molecule is [CH2]CCCCC1C2CC3CC(C2)CC1C3. The Kier molecular flexibility index (Phi) is 2.79. The van der Waals surface area contributed by atoms with Gasteiger partial charge >= 0.3 is 0 Å². The maximum Gasteiger partial charge on any atom is -0.0357 e. The minimum atomic E-state index is 1.13. The van der Waals surface area contributed by atoms with Crippen molar-refractivity contribution in [2.45, 2.75) is 57.8 Å². The van der Waals surface area contributed by atoms with Crippen LogP contribution in [-0.4, -0.2) is 0 Å². The van der Waals surface area contributed by atoms with Crippen LogP contribution in [0.1, 0.15) is 57.8 Å². The van der Waals surface area contributed by atoms with E-state index < -0.39 is 0 Å². The van der Waals surface area contributed by atoms with E-state index in [-0.39, 0.29) is 0 Å². The zero-order valence-electron chi connectivity index (χ0n) is 9.96. The Bertz CT molecular complexity index is 190.